The Kier molecular flexibility index (Phi) is 7.50. The number of carbonyl (C=O) groups excluding carboxylic acids is 2. The van der Waals surface area contributed by atoms with E-state index >= 15 is 0 Å². The third kappa shape index (κ3) is 5.86. The number of thioether (sulfide) groups is 1. The van der Waals surface area contributed by atoms with Crippen molar-refractivity contribution in [3.05, 3.63) is 119 Å². The molecule has 4 nitrogen and oxygen atoms in total. The number of nitrogens with zero attached hydrogens (tertiary/aromatic N) is 2. The van der Waals surface area contributed by atoms with Gasteiger partial charge in [-0.15, -0.1) is 0 Å². The number of benzene rings is 3. The zero-order valence-corrected chi connectivity index (χ0v) is 19.5. The monoisotopic (exact) mass is 470 g/mol. The Labute approximate surface area is 203 Å². The van der Waals surface area contributed by atoms with E-state index in [2.05, 4.69) is 0 Å². The summed E-state index contributed by atoms with van der Waals surface area (Å²) in [4.78, 5) is 29.9. The molecular weight excluding hydrogens is 448 g/mol. The molecule has 33 heavy (non-hydrogen) atoms. The lowest BCUT2D eigenvalue weighted by molar-refractivity contribution is -0.127. The minimum absolute atomic E-state index is 0.105. The predicted molar refractivity (Wildman–Crippen MR) is 140 cm³/mol. The molecule has 3 aromatic rings. The molecule has 6 heteroatoms. The zero-order valence-electron chi connectivity index (χ0n) is 17.8. The Morgan fingerprint density at radius 3 is 2.18 bits per heavy atom. The van der Waals surface area contributed by atoms with Crippen molar-refractivity contribution in [2.45, 2.75) is 6.54 Å². The van der Waals surface area contributed by atoms with Crippen molar-refractivity contribution in [1.82, 2.24) is 4.90 Å². The van der Waals surface area contributed by atoms with Crippen molar-refractivity contribution in [2.75, 3.05) is 11.4 Å². The quantitative estimate of drug-likeness (QED) is 0.329. The highest BCUT2D eigenvalue weighted by Crippen LogP contribution is 2.31. The summed E-state index contributed by atoms with van der Waals surface area (Å²) < 4.78 is 0.389. The Morgan fingerprint density at radius 1 is 0.909 bits per heavy atom. The second-order valence-corrected chi connectivity index (χ2v) is 9.04. The van der Waals surface area contributed by atoms with Crippen molar-refractivity contribution in [2.24, 2.45) is 0 Å². The highest BCUT2D eigenvalue weighted by molar-refractivity contribution is 8.26. The molecule has 1 aliphatic rings. The van der Waals surface area contributed by atoms with Gasteiger partial charge in [-0.25, -0.2) is 0 Å². The van der Waals surface area contributed by atoms with E-state index in [0.717, 1.165) is 16.8 Å². The molecule has 0 saturated carbocycles. The second-order valence-electron chi connectivity index (χ2n) is 7.36. The van der Waals surface area contributed by atoms with Crippen LogP contribution >= 0.6 is 24.0 Å². The van der Waals surface area contributed by atoms with Crippen molar-refractivity contribution in [3.63, 3.8) is 0 Å². The molecule has 4 rings (SSSR count). The van der Waals surface area contributed by atoms with Crippen LogP contribution in [0.2, 0.25) is 0 Å². The molecular formula is C27H22N2O2S2. The molecule has 1 saturated heterocycles. The maximum absolute atomic E-state index is 13.3. The first-order valence-corrected chi connectivity index (χ1v) is 11.7. The minimum atomic E-state index is -0.246. The third-order valence-corrected chi connectivity index (χ3v) is 6.45. The summed E-state index contributed by atoms with van der Waals surface area (Å²) in [6, 6.07) is 29.1. The van der Waals surface area contributed by atoms with Gasteiger partial charge in [0.15, 0.2) is 0 Å². The van der Waals surface area contributed by atoms with E-state index in [-0.39, 0.29) is 18.4 Å². The largest absolute Gasteiger partial charge is 0.306 e. The molecule has 2 amide bonds. The van der Waals surface area contributed by atoms with Gasteiger partial charge in [-0.05, 0) is 29.3 Å². The van der Waals surface area contributed by atoms with Gasteiger partial charge >= 0.3 is 0 Å². The van der Waals surface area contributed by atoms with Gasteiger partial charge in [0.2, 0.25) is 5.91 Å². The van der Waals surface area contributed by atoms with Crippen molar-refractivity contribution >= 4 is 51.9 Å². The molecule has 1 aliphatic heterocycles. The van der Waals surface area contributed by atoms with Crippen molar-refractivity contribution in [3.8, 4) is 0 Å². The van der Waals surface area contributed by atoms with Crippen LogP contribution in [0.3, 0.4) is 0 Å². The number of hydrogen-bond acceptors (Lipinski definition) is 4. The molecule has 0 radical (unpaired) electrons. The molecule has 164 valence electrons. The Bertz CT molecular complexity index is 1190. The molecule has 1 fully saturated rings. The molecule has 0 aromatic heterocycles. The number of para-hydroxylation sites is 1. The van der Waals surface area contributed by atoms with Gasteiger partial charge in [0.05, 0.1) is 11.4 Å². The van der Waals surface area contributed by atoms with Gasteiger partial charge in [0, 0.05) is 5.69 Å². The molecule has 0 unspecified atom stereocenters. The van der Waals surface area contributed by atoms with Crippen molar-refractivity contribution in [1.29, 1.82) is 0 Å². The minimum Gasteiger partial charge on any atom is -0.306 e. The third-order valence-electron chi connectivity index (χ3n) is 5.06. The van der Waals surface area contributed by atoms with Crippen molar-refractivity contribution < 1.29 is 9.59 Å². The van der Waals surface area contributed by atoms with Crippen LogP contribution in [0.4, 0.5) is 5.69 Å². The summed E-state index contributed by atoms with van der Waals surface area (Å²) in [6.07, 6.45) is 5.50. The van der Waals surface area contributed by atoms with Crippen LogP contribution in [0.5, 0.6) is 0 Å². The summed E-state index contributed by atoms with van der Waals surface area (Å²) >= 11 is 6.64. The lowest BCUT2D eigenvalue weighted by Gasteiger charge is -2.25. The topological polar surface area (TPSA) is 40.6 Å². The summed E-state index contributed by atoms with van der Waals surface area (Å²) in [5.74, 6) is -0.439. The summed E-state index contributed by atoms with van der Waals surface area (Å²) in [5.41, 5.74) is 2.82. The molecule has 3 aromatic carbocycles. The van der Waals surface area contributed by atoms with E-state index in [1.807, 2.05) is 103 Å². The molecule has 0 N–H and O–H groups in total. The first kappa shape index (κ1) is 22.7. The second kappa shape index (κ2) is 10.9. The van der Waals surface area contributed by atoms with Crippen LogP contribution in [-0.2, 0) is 16.1 Å². The average molecular weight is 471 g/mol. The summed E-state index contributed by atoms with van der Waals surface area (Å²) in [7, 11) is 0. The van der Waals surface area contributed by atoms with Crippen LogP contribution < -0.4 is 4.90 Å². The van der Waals surface area contributed by atoms with Gasteiger partial charge < -0.3 is 4.90 Å². The zero-order chi connectivity index (χ0) is 23.0. The molecule has 0 aliphatic carbocycles. The number of rotatable bonds is 7. The Hall–Kier alpha value is -3.48. The first-order chi connectivity index (χ1) is 16.1. The number of anilines is 1. The van der Waals surface area contributed by atoms with Crippen LogP contribution in [0.15, 0.2) is 108 Å². The van der Waals surface area contributed by atoms with Crippen LogP contribution in [0.1, 0.15) is 11.1 Å². The van der Waals surface area contributed by atoms with Crippen LogP contribution in [0.25, 0.3) is 6.08 Å². The number of allylic oxidation sites excluding steroid dienone is 2. The van der Waals surface area contributed by atoms with E-state index in [4.69, 9.17) is 12.2 Å². The van der Waals surface area contributed by atoms with E-state index < -0.39 is 0 Å². The highest BCUT2D eigenvalue weighted by Gasteiger charge is 2.34. The van der Waals surface area contributed by atoms with Crippen LogP contribution in [0, 0.1) is 0 Å². The smallest absolute Gasteiger partial charge is 0.266 e. The number of amides is 2. The van der Waals surface area contributed by atoms with Crippen LogP contribution in [-0.4, -0.2) is 27.6 Å². The lowest BCUT2D eigenvalue weighted by atomic mass is 10.2. The van der Waals surface area contributed by atoms with Gasteiger partial charge in [-0.2, -0.15) is 0 Å². The van der Waals surface area contributed by atoms with E-state index in [1.165, 1.54) is 16.7 Å². The van der Waals surface area contributed by atoms with E-state index in [9.17, 15) is 9.59 Å². The fourth-order valence-electron chi connectivity index (χ4n) is 3.38. The number of hydrogen-bond donors (Lipinski definition) is 0. The molecule has 0 bridgehead atoms. The number of carbonyl (C=O) groups is 2. The SMILES string of the molecule is O=C1/C(=C/C=C/c2ccccc2)SC(=S)N1CC(=O)N(Cc1ccccc1)c1ccccc1. The molecule has 0 atom stereocenters. The summed E-state index contributed by atoms with van der Waals surface area (Å²) in [6.45, 7) is 0.306. The average Bonchev–Trinajstić information content (AvgIpc) is 3.12. The maximum atomic E-state index is 13.3. The summed E-state index contributed by atoms with van der Waals surface area (Å²) in [5, 5.41) is 0. The molecule has 0 spiro atoms. The lowest BCUT2D eigenvalue weighted by Crippen LogP contribution is -2.42. The van der Waals surface area contributed by atoms with Gasteiger partial charge in [0.1, 0.15) is 10.9 Å². The van der Waals surface area contributed by atoms with Gasteiger partial charge in [-0.1, -0.05) is 115 Å². The van der Waals surface area contributed by atoms with Gasteiger partial charge in [0.25, 0.3) is 5.91 Å². The Balaban J connectivity index is 1.49. The predicted octanol–water partition coefficient (Wildman–Crippen LogP) is 5.68. The fourth-order valence-corrected chi connectivity index (χ4v) is 4.59. The maximum Gasteiger partial charge on any atom is 0.266 e. The Morgan fingerprint density at radius 2 is 1.52 bits per heavy atom. The molecule has 1 heterocycles. The normalized spacial score (nSPS) is 14.9. The first-order valence-electron chi connectivity index (χ1n) is 10.5. The van der Waals surface area contributed by atoms with E-state index in [0.29, 0.717) is 15.8 Å². The fraction of sp³-hybridized carbons (Fsp3) is 0.0741. The van der Waals surface area contributed by atoms with E-state index in [1.54, 1.807) is 11.0 Å². The highest BCUT2D eigenvalue weighted by atomic mass is 32.2. The standard InChI is InChI=1S/C27H22N2O2S2/c30-25(28(23-16-8-3-9-17-23)19-22-13-6-2-7-14-22)20-29-26(31)24(33-27(29)32)18-10-15-21-11-4-1-5-12-21/h1-18H,19-20H2/b15-10+,24-18-. The van der Waals surface area contributed by atoms with Gasteiger partial charge in [-0.3, -0.25) is 14.5 Å². The number of thiocarbonyl (C=S) groups is 1.